The molecule has 0 amide bonds. The Morgan fingerprint density at radius 3 is 1.46 bits per heavy atom. The Labute approximate surface area is 395 Å². The second kappa shape index (κ2) is 15.1. The second-order valence-electron chi connectivity index (χ2n) is 18.0. The first-order valence-corrected chi connectivity index (χ1v) is 23.5. The van der Waals surface area contributed by atoms with Gasteiger partial charge in [0, 0.05) is 50.3 Å². The highest BCUT2D eigenvalue weighted by Crippen LogP contribution is 2.65. The van der Waals surface area contributed by atoms with Crippen molar-refractivity contribution in [2.45, 2.75) is 5.41 Å². The van der Waals surface area contributed by atoms with Gasteiger partial charge in [0.15, 0.2) is 0 Å². The molecule has 1 heterocycles. The summed E-state index contributed by atoms with van der Waals surface area (Å²) in [5.74, 6) is 0. The summed E-state index contributed by atoms with van der Waals surface area (Å²) in [5, 5.41) is 4.92. The number of benzene rings is 11. The average molecular weight is 866 g/mol. The molecule has 3 nitrogen and oxygen atoms in total. The maximum absolute atomic E-state index is 2.52. The van der Waals surface area contributed by atoms with Crippen LogP contribution >= 0.6 is 0 Å². The maximum Gasteiger partial charge on any atom is 0.0726 e. The van der Waals surface area contributed by atoms with Crippen molar-refractivity contribution in [1.82, 2.24) is 4.57 Å². The number of para-hydroxylation sites is 5. The number of aromatic nitrogens is 1. The summed E-state index contributed by atoms with van der Waals surface area (Å²) in [6.07, 6.45) is 0. The number of hydrogen-bond acceptors (Lipinski definition) is 2. The van der Waals surface area contributed by atoms with Crippen LogP contribution in [0.1, 0.15) is 22.3 Å². The third-order valence-corrected chi connectivity index (χ3v) is 14.5. The first-order chi connectivity index (χ1) is 33.8. The third-order valence-electron chi connectivity index (χ3n) is 14.5. The van der Waals surface area contributed by atoms with Gasteiger partial charge < -0.3 is 14.4 Å². The number of fused-ring (bicyclic) bond motifs is 15. The minimum atomic E-state index is -0.566. The van der Waals surface area contributed by atoms with Crippen LogP contribution in [0, 0.1) is 0 Å². The van der Waals surface area contributed by atoms with Crippen molar-refractivity contribution < 1.29 is 0 Å². The van der Waals surface area contributed by atoms with Crippen molar-refractivity contribution in [3.8, 4) is 27.9 Å². The largest absolute Gasteiger partial charge is 0.310 e. The molecule has 318 valence electrons. The minimum absolute atomic E-state index is 0.566. The van der Waals surface area contributed by atoms with E-state index in [0.717, 1.165) is 39.8 Å². The predicted octanol–water partition coefficient (Wildman–Crippen LogP) is 17.2. The molecular formula is C65H43N3. The normalized spacial score (nSPS) is 14.2. The molecule has 11 aromatic carbocycles. The summed E-state index contributed by atoms with van der Waals surface area (Å²) in [7, 11) is 0. The van der Waals surface area contributed by atoms with E-state index in [2.05, 4.69) is 275 Å². The van der Waals surface area contributed by atoms with E-state index in [1.807, 2.05) is 0 Å². The fourth-order valence-corrected chi connectivity index (χ4v) is 11.9. The lowest BCUT2D eigenvalue weighted by atomic mass is 9.70. The maximum atomic E-state index is 2.52. The summed E-state index contributed by atoms with van der Waals surface area (Å²) in [6.45, 7) is 0. The lowest BCUT2D eigenvalue weighted by Crippen LogP contribution is -2.26. The standard InChI is InChI=1S/C65H43N3/c1-5-21-44(22-6-1)66(49-38-40-62-56(42-49)52-31-17-20-36-61(52)68(62)47-27-11-4-12-28-47)48-37-39-59-55(41-48)50-29-15-18-34-57(50)65(59)58-35-19-16-33-54(58)64-53-32-14-13-30-51(53)63(43-60(64)65)67(45-23-7-2-8-24-45)46-25-9-3-10-26-46/h1-43H. The van der Waals surface area contributed by atoms with Gasteiger partial charge in [-0.15, -0.1) is 0 Å². The van der Waals surface area contributed by atoms with Crippen LogP contribution in [0.2, 0.25) is 0 Å². The monoisotopic (exact) mass is 865 g/mol. The van der Waals surface area contributed by atoms with Crippen LogP contribution in [0.15, 0.2) is 261 Å². The number of nitrogens with zero attached hydrogens (tertiary/aromatic N) is 3. The van der Waals surface area contributed by atoms with Crippen LogP contribution < -0.4 is 9.80 Å². The minimum Gasteiger partial charge on any atom is -0.310 e. The Bertz CT molecular complexity index is 3870. The van der Waals surface area contributed by atoms with Crippen LogP contribution in [0.5, 0.6) is 0 Å². The molecule has 0 N–H and O–H groups in total. The van der Waals surface area contributed by atoms with Gasteiger partial charge in [-0.1, -0.05) is 170 Å². The predicted molar refractivity (Wildman–Crippen MR) is 284 cm³/mol. The summed E-state index contributed by atoms with van der Waals surface area (Å²) in [5.41, 5.74) is 20.0. The van der Waals surface area contributed by atoms with Crippen molar-refractivity contribution in [3.05, 3.63) is 283 Å². The van der Waals surface area contributed by atoms with Gasteiger partial charge in [-0.2, -0.15) is 0 Å². The summed E-state index contributed by atoms with van der Waals surface area (Å²) < 4.78 is 2.39. The Kier molecular flexibility index (Phi) is 8.50. The van der Waals surface area contributed by atoms with Crippen LogP contribution in [0.25, 0.3) is 60.5 Å². The highest BCUT2D eigenvalue weighted by Gasteiger charge is 2.52. The molecule has 0 saturated heterocycles. The fraction of sp³-hybridized carbons (Fsp3) is 0.0154. The number of anilines is 6. The molecule has 3 heteroatoms. The molecular weight excluding hydrogens is 823 g/mol. The summed E-state index contributed by atoms with van der Waals surface area (Å²) in [6, 6.07) is 96.0. The molecule has 68 heavy (non-hydrogen) atoms. The molecule has 1 spiro atoms. The zero-order valence-electron chi connectivity index (χ0n) is 37.2. The first kappa shape index (κ1) is 38.4. The molecule has 2 aliphatic rings. The molecule has 0 fully saturated rings. The van der Waals surface area contributed by atoms with Gasteiger partial charge in [-0.25, -0.2) is 0 Å². The highest BCUT2D eigenvalue weighted by atomic mass is 15.1. The van der Waals surface area contributed by atoms with E-state index in [-0.39, 0.29) is 0 Å². The number of rotatable bonds is 7. The molecule has 0 saturated carbocycles. The van der Waals surface area contributed by atoms with Gasteiger partial charge in [-0.05, 0) is 141 Å². The van der Waals surface area contributed by atoms with Gasteiger partial charge in [0.2, 0.25) is 0 Å². The molecule has 0 radical (unpaired) electrons. The van der Waals surface area contributed by atoms with E-state index in [0.29, 0.717) is 0 Å². The molecule has 14 rings (SSSR count). The Morgan fingerprint density at radius 1 is 0.279 bits per heavy atom. The highest BCUT2D eigenvalue weighted by molar-refractivity contribution is 6.13. The zero-order valence-corrected chi connectivity index (χ0v) is 37.2. The van der Waals surface area contributed by atoms with Gasteiger partial charge in [-0.3, -0.25) is 0 Å². The molecule has 2 aliphatic carbocycles. The SMILES string of the molecule is c1ccc(N(c2ccc3c(c2)-c2ccccc2C32c3ccccc3-c3c2cc(N(c2ccccc2)c2ccccc2)c2ccccc32)c2ccc3c(c2)c2ccccc2n3-c2ccccc2)cc1. The van der Waals surface area contributed by atoms with E-state index in [1.165, 1.54) is 77.1 Å². The van der Waals surface area contributed by atoms with Crippen molar-refractivity contribution in [2.75, 3.05) is 9.80 Å². The van der Waals surface area contributed by atoms with Crippen molar-refractivity contribution in [2.24, 2.45) is 0 Å². The molecule has 12 aromatic rings. The van der Waals surface area contributed by atoms with Gasteiger partial charge in [0.25, 0.3) is 0 Å². The van der Waals surface area contributed by atoms with Gasteiger partial charge in [0.1, 0.15) is 0 Å². The molecule has 1 atom stereocenters. The second-order valence-corrected chi connectivity index (χ2v) is 18.0. The van der Waals surface area contributed by atoms with E-state index < -0.39 is 5.41 Å². The smallest absolute Gasteiger partial charge is 0.0726 e. The van der Waals surface area contributed by atoms with Crippen LogP contribution in [0.3, 0.4) is 0 Å². The molecule has 1 unspecified atom stereocenters. The molecule has 0 aliphatic heterocycles. The number of hydrogen-bond donors (Lipinski definition) is 0. The van der Waals surface area contributed by atoms with E-state index in [1.54, 1.807) is 0 Å². The van der Waals surface area contributed by atoms with E-state index >= 15 is 0 Å². The third kappa shape index (κ3) is 5.47. The average Bonchev–Trinajstić information content (AvgIpc) is 4.01. The van der Waals surface area contributed by atoms with Crippen LogP contribution in [0.4, 0.5) is 34.1 Å². The van der Waals surface area contributed by atoms with Gasteiger partial charge in [0.05, 0.1) is 22.1 Å². The summed E-state index contributed by atoms with van der Waals surface area (Å²) in [4.78, 5) is 4.87. The van der Waals surface area contributed by atoms with Crippen molar-refractivity contribution >= 4 is 66.7 Å². The summed E-state index contributed by atoms with van der Waals surface area (Å²) >= 11 is 0. The topological polar surface area (TPSA) is 11.4 Å². The first-order valence-electron chi connectivity index (χ1n) is 23.5. The quantitative estimate of drug-likeness (QED) is 0.158. The Hall–Kier alpha value is -8.92. The van der Waals surface area contributed by atoms with E-state index in [4.69, 9.17) is 0 Å². The lowest BCUT2D eigenvalue weighted by molar-refractivity contribution is 0.794. The zero-order chi connectivity index (χ0) is 44.8. The van der Waals surface area contributed by atoms with E-state index in [9.17, 15) is 0 Å². The van der Waals surface area contributed by atoms with Crippen molar-refractivity contribution in [3.63, 3.8) is 0 Å². The Balaban J connectivity index is 1.02. The van der Waals surface area contributed by atoms with Crippen LogP contribution in [-0.4, -0.2) is 4.57 Å². The Morgan fingerprint density at radius 2 is 0.765 bits per heavy atom. The fourth-order valence-electron chi connectivity index (χ4n) is 11.9. The van der Waals surface area contributed by atoms with Gasteiger partial charge >= 0.3 is 0 Å². The lowest BCUT2D eigenvalue weighted by Gasteiger charge is -2.33. The van der Waals surface area contributed by atoms with Crippen molar-refractivity contribution in [1.29, 1.82) is 0 Å². The molecule has 1 aromatic heterocycles. The molecule has 0 bridgehead atoms. The van der Waals surface area contributed by atoms with Crippen LogP contribution in [-0.2, 0) is 5.41 Å².